The number of hydrogen-bond donors (Lipinski definition) is 2. The first-order valence-corrected chi connectivity index (χ1v) is 22.0. The van der Waals surface area contributed by atoms with E-state index in [4.69, 9.17) is 24.3 Å². The van der Waals surface area contributed by atoms with E-state index in [1.165, 1.54) is 128 Å². The molecule has 9 nitrogen and oxygen atoms in total. The summed E-state index contributed by atoms with van der Waals surface area (Å²) in [5.41, 5.74) is 5.33. The topological polar surface area (TPSA) is 134 Å². The van der Waals surface area contributed by atoms with Crippen LogP contribution in [-0.2, 0) is 32.7 Å². The van der Waals surface area contributed by atoms with Crippen molar-refractivity contribution >= 4 is 19.8 Å². The third-order valence-corrected chi connectivity index (χ3v) is 9.59. The lowest BCUT2D eigenvalue weighted by Gasteiger charge is -2.19. The molecule has 0 aromatic heterocycles. The molecule has 0 saturated heterocycles. The van der Waals surface area contributed by atoms with Crippen molar-refractivity contribution in [3.8, 4) is 0 Å². The summed E-state index contributed by atoms with van der Waals surface area (Å²) in [7, 11) is -4.40. The average Bonchev–Trinajstić information content (AvgIpc) is 3.11. The standard InChI is InChI=1S/C41H76NO8P/c1-3-5-7-9-11-13-15-17-19-21-23-25-27-29-31-33-40(43)47-37-39(38-49-51(45,46)48-36-35-42)50-41(44)34-32-30-28-26-24-22-20-18-16-14-12-10-8-6-4-2/h23,25,28,30,32,34,39H,3-22,24,26-27,29,31,33,35-38,42H2,1-2H3,(H,45,46)/b25-23+,30-28+,34-32+/t39-/m1/s1. The van der Waals surface area contributed by atoms with Crippen molar-refractivity contribution in [2.45, 2.75) is 187 Å². The Balaban J connectivity index is 4.31. The Kier molecular flexibility index (Phi) is 36.7. The fourth-order valence-corrected chi connectivity index (χ4v) is 6.30. The maximum Gasteiger partial charge on any atom is 0.472 e. The van der Waals surface area contributed by atoms with Crippen molar-refractivity contribution in [1.29, 1.82) is 0 Å². The van der Waals surface area contributed by atoms with Crippen LogP contribution in [0, 0.1) is 0 Å². The van der Waals surface area contributed by atoms with Crippen LogP contribution >= 0.6 is 7.82 Å². The van der Waals surface area contributed by atoms with Gasteiger partial charge < -0.3 is 20.1 Å². The number of phosphoric acid groups is 1. The van der Waals surface area contributed by atoms with E-state index in [1.807, 2.05) is 6.08 Å². The number of carbonyl (C=O) groups excluding carboxylic acids is 2. The predicted molar refractivity (Wildman–Crippen MR) is 210 cm³/mol. The van der Waals surface area contributed by atoms with Gasteiger partial charge in [-0.3, -0.25) is 13.8 Å². The molecule has 2 atom stereocenters. The molecule has 0 fully saturated rings. The molecule has 0 radical (unpaired) electrons. The van der Waals surface area contributed by atoms with E-state index in [0.717, 1.165) is 32.1 Å². The van der Waals surface area contributed by atoms with Gasteiger partial charge in [0.2, 0.25) is 0 Å². The molecular weight excluding hydrogens is 665 g/mol. The molecule has 0 heterocycles. The van der Waals surface area contributed by atoms with Gasteiger partial charge in [-0.05, 0) is 44.9 Å². The Labute approximate surface area is 312 Å². The second-order valence-electron chi connectivity index (χ2n) is 13.6. The summed E-state index contributed by atoms with van der Waals surface area (Å²) in [6.45, 7) is 3.58. The Morgan fingerprint density at radius 3 is 1.61 bits per heavy atom. The molecule has 10 heteroatoms. The highest BCUT2D eigenvalue weighted by atomic mass is 31.2. The van der Waals surface area contributed by atoms with Crippen LogP contribution in [0.2, 0.25) is 0 Å². The zero-order valence-corrected chi connectivity index (χ0v) is 33.5. The van der Waals surface area contributed by atoms with Crippen LogP contribution in [0.15, 0.2) is 36.5 Å². The number of hydrogen-bond acceptors (Lipinski definition) is 8. The average molecular weight is 742 g/mol. The van der Waals surface area contributed by atoms with Crippen molar-refractivity contribution in [1.82, 2.24) is 0 Å². The summed E-state index contributed by atoms with van der Waals surface area (Å²) in [4.78, 5) is 34.6. The van der Waals surface area contributed by atoms with Crippen molar-refractivity contribution in [2.24, 2.45) is 5.73 Å². The first-order valence-electron chi connectivity index (χ1n) is 20.5. The van der Waals surface area contributed by atoms with E-state index in [1.54, 1.807) is 12.2 Å². The highest BCUT2D eigenvalue weighted by molar-refractivity contribution is 7.47. The summed E-state index contributed by atoms with van der Waals surface area (Å²) in [5.74, 6) is -1.11. The second-order valence-corrected chi connectivity index (χ2v) is 15.0. The molecule has 0 saturated carbocycles. The number of unbranched alkanes of at least 4 members (excludes halogenated alkanes) is 22. The maximum absolute atomic E-state index is 12.4. The number of ether oxygens (including phenoxy) is 2. The molecule has 0 aliphatic rings. The van der Waals surface area contributed by atoms with Crippen LogP contribution in [0.5, 0.6) is 0 Å². The van der Waals surface area contributed by atoms with Crippen LogP contribution in [0.25, 0.3) is 0 Å². The van der Waals surface area contributed by atoms with E-state index in [2.05, 4.69) is 26.0 Å². The van der Waals surface area contributed by atoms with E-state index >= 15 is 0 Å². The van der Waals surface area contributed by atoms with E-state index in [0.29, 0.717) is 6.42 Å². The minimum Gasteiger partial charge on any atom is -0.462 e. The van der Waals surface area contributed by atoms with Crippen molar-refractivity contribution in [3.05, 3.63) is 36.5 Å². The van der Waals surface area contributed by atoms with E-state index in [9.17, 15) is 19.0 Å². The van der Waals surface area contributed by atoms with E-state index in [-0.39, 0.29) is 26.2 Å². The predicted octanol–water partition coefficient (Wildman–Crippen LogP) is 11.4. The Morgan fingerprint density at radius 1 is 0.627 bits per heavy atom. The van der Waals surface area contributed by atoms with Gasteiger partial charge in [-0.2, -0.15) is 0 Å². The molecule has 1 unspecified atom stereocenters. The zero-order valence-electron chi connectivity index (χ0n) is 32.6. The minimum atomic E-state index is -4.40. The molecule has 0 bridgehead atoms. The fourth-order valence-electron chi connectivity index (χ4n) is 5.54. The monoisotopic (exact) mass is 742 g/mol. The van der Waals surface area contributed by atoms with Crippen LogP contribution < -0.4 is 5.73 Å². The third-order valence-electron chi connectivity index (χ3n) is 8.61. The van der Waals surface area contributed by atoms with Crippen LogP contribution in [-0.4, -0.2) is 49.3 Å². The molecule has 0 spiro atoms. The summed E-state index contributed by atoms with van der Waals surface area (Å²) >= 11 is 0. The molecule has 0 aliphatic carbocycles. The number of allylic oxidation sites excluding steroid dienone is 5. The lowest BCUT2D eigenvalue weighted by molar-refractivity contribution is -0.157. The van der Waals surface area contributed by atoms with Crippen LogP contribution in [0.4, 0.5) is 0 Å². The van der Waals surface area contributed by atoms with Crippen molar-refractivity contribution < 1.29 is 37.6 Å². The quantitative estimate of drug-likeness (QED) is 0.0158. The molecule has 51 heavy (non-hydrogen) atoms. The lowest BCUT2D eigenvalue weighted by Crippen LogP contribution is -2.29. The minimum absolute atomic E-state index is 0.0383. The van der Waals surface area contributed by atoms with Gasteiger partial charge in [-0.25, -0.2) is 9.36 Å². The molecule has 0 aromatic rings. The highest BCUT2D eigenvalue weighted by Crippen LogP contribution is 2.43. The second kappa shape index (κ2) is 38.0. The molecule has 0 aliphatic heterocycles. The number of rotatable bonds is 38. The maximum atomic E-state index is 12.4. The highest BCUT2D eigenvalue weighted by Gasteiger charge is 2.25. The fraction of sp³-hybridized carbons (Fsp3) is 0.805. The van der Waals surface area contributed by atoms with Gasteiger partial charge in [-0.15, -0.1) is 0 Å². The normalized spacial score (nSPS) is 13.7. The molecule has 0 aromatic carbocycles. The van der Waals surface area contributed by atoms with Gasteiger partial charge in [0, 0.05) is 19.0 Å². The number of nitrogens with two attached hydrogens (primary N) is 1. The number of carbonyl (C=O) groups is 2. The van der Waals surface area contributed by atoms with Gasteiger partial charge >= 0.3 is 19.8 Å². The zero-order chi connectivity index (χ0) is 37.5. The summed E-state index contributed by atoms with van der Waals surface area (Å²) in [6.07, 6.45) is 41.0. The molecule has 298 valence electrons. The van der Waals surface area contributed by atoms with Gasteiger partial charge in [-0.1, -0.05) is 160 Å². The summed E-state index contributed by atoms with van der Waals surface area (Å²) < 4.78 is 32.5. The molecular formula is C41H76NO8P. The Hall–Kier alpha value is -1.77. The first-order chi connectivity index (χ1) is 24.8. The van der Waals surface area contributed by atoms with Crippen LogP contribution in [0.3, 0.4) is 0 Å². The van der Waals surface area contributed by atoms with Gasteiger partial charge in [0.1, 0.15) is 6.61 Å². The Bertz CT molecular complexity index is 939. The molecule has 3 N–H and O–H groups in total. The molecule has 0 rings (SSSR count). The SMILES string of the molecule is CCCCCCCCCCC/C=C/CCCCC(=O)OC[C@H](COP(=O)(O)OCCN)OC(=O)/C=C/C=C/CCCCCCCCCCCCC. The Morgan fingerprint density at radius 2 is 1.10 bits per heavy atom. The summed E-state index contributed by atoms with van der Waals surface area (Å²) in [5, 5.41) is 0. The van der Waals surface area contributed by atoms with Crippen molar-refractivity contribution in [3.63, 3.8) is 0 Å². The first kappa shape index (κ1) is 49.2. The third kappa shape index (κ3) is 37.8. The van der Waals surface area contributed by atoms with E-state index < -0.39 is 32.5 Å². The smallest absolute Gasteiger partial charge is 0.462 e. The lowest BCUT2D eigenvalue weighted by atomic mass is 10.1. The molecule has 0 amide bonds. The number of esters is 2. The van der Waals surface area contributed by atoms with Gasteiger partial charge in [0.15, 0.2) is 6.10 Å². The van der Waals surface area contributed by atoms with Crippen molar-refractivity contribution in [2.75, 3.05) is 26.4 Å². The van der Waals surface area contributed by atoms with Gasteiger partial charge in [0.25, 0.3) is 0 Å². The number of phosphoric ester groups is 1. The van der Waals surface area contributed by atoms with Gasteiger partial charge in [0.05, 0.1) is 13.2 Å². The largest absolute Gasteiger partial charge is 0.472 e. The van der Waals surface area contributed by atoms with Crippen LogP contribution in [0.1, 0.15) is 181 Å². The summed E-state index contributed by atoms with van der Waals surface area (Å²) in [6, 6.07) is 0.